The molecule has 1 heterocycles. The van der Waals surface area contributed by atoms with E-state index in [1.165, 1.54) is 11.8 Å². The first-order valence-electron chi connectivity index (χ1n) is 8.99. The zero-order chi connectivity index (χ0) is 22.1. The monoisotopic (exact) mass is 441 g/mol. The summed E-state index contributed by atoms with van der Waals surface area (Å²) in [4.78, 5) is 45.8. The lowest BCUT2D eigenvalue weighted by Crippen LogP contribution is -2.49. The fraction of sp³-hybridized carbons (Fsp3) is 0.444. The first kappa shape index (κ1) is 23.3. The van der Waals surface area contributed by atoms with Crippen molar-refractivity contribution in [2.75, 3.05) is 19.1 Å². The summed E-state index contributed by atoms with van der Waals surface area (Å²) in [6, 6.07) is 3.28. The Labute approximate surface area is 176 Å². The van der Waals surface area contributed by atoms with Gasteiger partial charge in [0.2, 0.25) is 18.6 Å². The Morgan fingerprint density at radius 1 is 1.17 bits per heavy atom. The number of carbonyl (C=O) groups excluding carboxylic acids is 2. The average molecular weight is 441 g/mol. The van der Waals surface area contributed by atoms with Crippen molar-refractivity contribution < 1.29 is 38.9 Å². The maximum atomic E-state index is 12.3. The van der Waals surface area contributed by atoms with E-state index in [1.807, 2.05) is 12.1 Å². The highest BCUT2D eigenvalue weighted by molar-refractivity contribution is 7.98. The highest BCUT2D eigenvalue weighted by Gasteiger charge is 2.22. The van der Waals surface area contributed by atoms with Crippen molar-refractivity contribution in [1.29, 1.82) is 0 Å². The molecular weight excluding hydrogens is 418 g/mol. The van der Waals surface area contributed by atoms with Gasteiger partial charge < -0.3 is 36.1 Å². The summed E-state index contributed by atoms with van der Waals surface area (Å²) in [6.07, 6.45) is -0.266. The van der Waals surface area contributed by atoms with Crippen LogP contribution in [0.3, 0.4) is 0 Å². The van der Waals surface area contributed by atoms with E-state index < -0.39 is 42.4 Å². The Morgan fingerprint density at radius 3 is 2.60 bits per heavy atom. The molecule has 0 bridgehead atoms. The van der Waals surface area contributed by atoms with Crippen LogP contribution in [0.1, 0.15) is 18.4 Å². The zero-order valence-electron chi connectivity index (χ0n) is 16.0. The number of rotatable bonds is 12. The number of fused-ring (bicyclic) bond motifs is 1. The van der Waals surface area contributed by atoms with Crippen LogP contribution in [0.2, 0.25) is 0 Å². The molecule has 164 valence electrons. The van der Waals surface area contributed by atoms with Gasteiger partial charge in [-0.1, -0.05) is 6.07 Å². The van der Waals surface area contributed by atoms with E-state index in [0.717, 1.165) is 5.56 Å². The third-order valence-corrected chi connectivity index (χ3v) is 5.16. The number of nitrogens with two attached hydrogens (primary N) is 1. The number of hydrogen-bond acceptors (Lipinski definition) is 8. The second-order valence-electron chi connectivity index (χ2n) is 6.42. The van der Waals surface area contributed by atoms with E-state index >= 15 is 0 Å². The molecule has 12 heteroatoms. The van der Waals surface area contributed by atoms with Crippen LogP contribution in [0.15, 0.2) is 18.2 Å². The molecule has 1 aliphatic heterocycles. The minimum Gasteiger partial charge on any atom is -0.480 e. The predicted octanol–water partition coefficient (Wildman–Crippen LogP) is -0.474. The van der Waals surface area contributed by atoms with Crippen LogP contribution in [0.5, 0.6) is 11.5 Å². The molecule has 2 atom stereocenters. The minimum absolute atomic E-state index is 0.0883. The molecule has 11 nitrogen and oxygen atoms in total. The van der Waals surface area contributed by atoms with E-state index in [9.17, 15) is 19.2 Å². The summed E-state index contributed by atoms with van der Waals surface area (Å²) in [5, 5.41) is 22.2. The first-order valence-corrected chi connectivity index (χ1v) is 10.1. The Balaban J connectivity index is 1.89. The third-order valence-electron chi connectivity index (χ3n) is 4.06. The average Bonchev–Trinajstić information content (AvgIpc) is 3.17. The van der Waals surface area contributed by atoms with Gasteiger partial charge in [0.05, 0.1) is 0 Å². The molecule has 1 aromatic rings. The van der Waals surface area contributed by atoms with Gasteiger partial charge in [-0.3, -0.25) is 19.2 Å². The number of amides is 2. The van der Waals surface area contributed by atoms with Crippen molar-refractivity contribution in [1.82, 2.24) is 10.6 Å². The fourth-order valence-corrected chi connectivity index (χ4v) is 3.47. The molecule has 1 aromatic carbocycles. The molecule has 0 aromatic heterocycles. The molecular formula is C18H23N3O8S. The fourth-order valence-electron chi connectivity index (χ4n) is 2.47. The SMILES string of the molecule is NC(CCC(=O)NC(CSCc1ccc2c(c1)OCO2)C(=O)NCC(=O)O)C(=O)O. The third kappa shape index (κ3) is 7.44. The van der Waals surface area contributed by atoms with Gasteiger partial charge in [0, 0.05) is 17.9 Å². The molecule has 0 fully saturated rings. The Bertz CT molecular complexity index is 804. The van der Waals surface area contributed by atoms with Crippen molar-refractivity contribution in [2.45, 2.75) is 30.7 Å². The molecule has 0 radical (unpaired) electrons. The largest absolute Gasteiger partial charge is 0.480 e. The predicted molar refractivity (Wildman–Crippen MR) is 106 cm³/mol. The van der Waals surface area contributed by atoms with Gasteiger partial charge in [0.15, 0.2) is 11.5 Å². The van der Waals surface area contributed by atoms with Crippen molar-refractivity contribution in [3.05, 3.63) is 23.8 Å². The van der Waals surface area contributed by atoms with Gasteiger partial charge in [-0.15, -0.1) is 0 Å². The first-order chi connectivity index (χ1) is 14.3. The summed E-state index contributed by atoms with van der Waals surface area (Å²) in [7, 11) is 0. The number of carboxylic acid groups (broad SMARTS) is 2. The molecule has 0 saturated heterocycles. The molecule has 2 unspecified atom stereocenters. The van der Waals surface area contributed by atoms with Gasteiger partial charge in [0.1, 0.15) is 18.6 Å². The van der Waals surface area contributed by atoms with Crippen molar-refractivity contribution in [3.8, 4) is 11.5 Å². The summed E-state index contributed by atoms with van der Waals surface area (Å²) >= 11 is 1.36. The number of benzene rings is 1. The summed E-state index contributed by atoms with van der Waals surface area (Å²) in [5.41, 5.74) is 6.30. The number of ether oxygens (including phenoxy) is 2. The Hall–Kier alpha value is -2.99. The van der Waals surface area contributed by atoms with Crippen LogP contribution in [0, 0.1) is 0 Å². The van der Waals surface area contributed by atoms with Crippen LogP contribution in [0.4, 0.5) is 0 Å². The maximum Gasteiger partial charge on any atom is 0.322 e. The summed E-state index contributed by atoms with van der Waals surface area (Å²) in [5.74, 6) is -1.66. The van der Waals surface area contributed by atoms with Gasteiger partial charge in [-0.05, 0) is 24.1 Å². The van der Waals surface area contributed by atoms with E-state index in [1.54, 1.807) is 6.07 Å². The topological polar surface area (TPSA) is 177 Å². The smallest absolute Gasteiger partial charge is 0.322 e. The van der Waals surface area contributed by atoms with E-state index in [2.05, 4.69) is 10.6 Å². The number of carbonyl (C=O) groups is 4. The van der Waals surface area contributed by atoms with Crippen LogP contribution >= 0.6 is 11.8 Å². The van der Waals surface area contributed by atoms with Crippen molar-refractivity contribution in [3.63, 3.8) is 0 Å². The lowest BCUT2D eigenvalue weighted by atomic mass is 10.1. The zero-order valence-corrected chi connectivity index (χ0v) is 16.8. The van der Waals surface area contributed by atoms with Crippen molar-refractivity contribution in [2.24, 2.45) is 5.73 Å². The van der Waals surface area contributed by atoms with E-state index in [-0.39, 0.29) is 25.4 Å². The standard InChI is InChI=1S/C18H23N3O8S/c19-11(18(26)27)2-4-15(22)21-12(17(25)20-6-16(23)24)8-30-7-10-1-3-13-14(5-10)29-9-28-13/h1,3,5,11-12H,2,4,6-9,19H2,(H,20,25)(H,21,22)(H,23,24)(H,26,27). The molecule has 30 heavy (non-hydrogen) atoms. The van der Waals surface area contributed by atoms with Gasteiger partial charge in [0.25, 0.3) is 0 Å². The lowest BCUT2D eigenvalue weighted by Gasteiger charge is -2.18. The number of thioether (sulfide) groups is 1. The summed E-state index contributed by atoms with van der Waals surface area (Å²) in [6.45, 7) is -0.419. The number of hydrogen-bond donors (Lipinski definition) is 5. The normalized spacial score (nSPS) is 13.9. The minimum atomic E-state index is -1.22. The van der Waals surface area contributed by atoms with Gasteiger partial charge >= 0.3 is 11.9 Å². The van der Waals surface area contributed by atoms with Crippen LogP contribution in [-0.4, -0.2) is 65.1 Å². The molecule has 0 spiro atoms. The van der Waals surface area contributed by atoms with E-state index in [4.69, 9.17) is 25.4 Å². The van der Waals surface area contributed by atoms with Crippen LogP contribution in [0.25, 0.3) is 0 Å². The molecule has 0 aliphatic carbocycles. The Kier molecular flexibility index (Phi) is 8.74. The number of aliphatic carboxylic acids is 2. The summed E-state index contributed by atoms with van der Waals surface area (Å²) < 4.78 is 10.6. The highest BCUT2D eigenvalue weighted by Crippen LogP contribution is 2.33. The highest BCUT2D eigenvalue weighted by atomic mass is 32.2. The quantitative estimate of drug-likeness (QED) is 0.285. The number of nitrogens with one attached hydrogen (secondary N) is 2. The second-order valence-corrected chi connectivity index (χ2v) is 7.45. The molecule has 6 N–H and O–H groups in total. The molecule has 0 saturated carbocycles. The van der Waals surface area contributed by atoms with Gasteiger partial charge in [-0.2, -0.15) is 11.8 Å². The van der Waals surface area contributed by atoms with Crippen LogP contribution < -0.4 is 25.8 Å². The second kappa shape index (κ2) is 11.3. The number of carboxylic acids is 2. The van der Waals surface area contributed by atoms with Crippen molar-refractivity contribution >= 4 is 35.5 Å². The maximum absolute atomic E-state index is 12.3. The van der Waals surface area contributed by atoms with Crippen LogP contribution in [-0.2, 0) is 24.9 Å². The molecule has 2 amide bonds. The Morgan fingerprint density at radius 2 is 1.90 bits per heavy atom. The molecule has 2 rings (SSSR count). The van der Waals surface area contributed by atoms with Gasteiger partial charge in [-0.25, -0.2) is 0 Å². The lowest BCUT2D eigenvalue weighted by molar-refractivity contribution is -0.139. The van der Waals surface area contributed by atoms with E-state index in [0.29, 0.717) is 17.3 Å². The molecule has 1 aliphatic rings.